The van der Waals surface area contributed by atoms with E-state index >= 15 is 0 Å². The fourth-order valence-corrected chi connectivity index (χ4v) is 6.02. The maximum absolute atomic E-state index is 14.8. The van der Waals surface area contributed by atoms with Crippen LogP contribution >= 0.6 is 0 Å². The molecule has 0 heterocycles. The van der Waals surface area contributed by atoms with Crippen LogP contribution in [0.15, 0.2) is 36.4 Å². The standard InChI is InChI=1S/C26H31F2Si/c1-17-2-6-22(7-3-17)26-24(27)14-23(15-25(26)28)21-12-10-20(11-13-21)19-8-4-18(16-29)5-9-19/h2-3,6-7,14-15,18-21H,4-5,8-13,16H2,1H3. The Morgan fingerprint density at radius 1 is 0.793 bits per heavy atom. The van der Waals surface area contributed by atoms with Crippen LogP contribution in [0.4, 0.5) is 8.78 Å². The zero-order valence-electron chi connectivity index (χ0n) is 17.4. The Kier molecular flexibility index (Phi) is 6.53. The van der Waals surface area contributed by atoms with Crippen LogP contribution in [0, 0.1) is 36.3 Å². The molecule has 0 bridgehead atoms. The lowest BCUT2D eigenvalue weighted by molar-refractivity contribution is 0.165. The SMILES string of the molecule is Cc1ccc(-c2c(F)cc(C3CCC(C4CCC(C[Si])CC4)CC3)cc2F)cc1. The minimum Gasteiger partial charge on any atom is -0.206 e. The van der Waals surface area contributed by atoms with Crippen LogP contribution in [0.25, 0.3) is 11.1 Å². The van der Waals surface area contributed by atoms with E-state index in [0.29, 0.717) is 11.5 Å². The van der Waals surface area contributed by atoms with Gasteiger partial charge in [0, 0.05) is 10.2 Å². The van der Waals surface area contributed by atoms with Crippen molar-refractivity contribution in [2.24, 2.45) is 17.8 Å². The molecule has 29 heavy (non-hydrogen) atoms. The highest BCUT2D eigenvalue weighted by Gasteiger charge is 2.31. The zero-order chi connectivity index (χ0) is 20.4. The van der Waals surface area contributed by atoms with Gasteiger partial charge in [-0.15, -0.1) is 0 Å². The van der Waals surface area contributed by atoms with Crippen molar-refractivity contribution in [3.05, 3.63) is 59.2 Å². The van der Waals surface area contributed by atoms with Crippen molar-refractivity contribution in [3.8, 4) is 11.1 Å². The highest BCUT2D eigenvalue weighted by Crippen LogP contribution is 2.44. The van der Waals surface area contributed by atoms with Crippen molar-refractivity contribution < 1.29 is 8.78 Å². The maximum atomic E-state index is 14.8. The van der Waals surface area contributed by atoms with Crippen molar-refractivity contribution in [3.63, 3.8) is 0 Å². The second-order valence-electron chi connectivity index (χ2n) is 9.32. The zero-order valence-corrected chi connectivity index (χ0v) is 18.4. The summed E-state index contributed by atoms with van der Waals surface area (Å²) in [5, 5.41) is 0. The highest BCUT2D eigenvalue weighted by atomic mass is 28.1. The molecule has 0 N–H and O–H groups in total. The number of benzene rings is 2. The van der Waals surface area contributed by atoms with Gasteiger partial charge < -0.3 is 0 Å². The number of hydrogen-bond acceptors (Lipinski definition) is 0. The van der Waals surface area contributed by atoms with Gasteiger partial charge in [-0.3, -0.25) is 0 Å². The third kappa shape index (κ3) is 4.65. The van der Waals surface area contributed by atoms with Gasteiger partial charge in [-0.05, 0) is 92.4 Å². The third-order valence-corrected chi connectivity index (χ3v) is 8.07. The average molecular weight is 410 g/mol. The van der Waals surface area contributed by atoms with Crippen molar-refractivity contribution in [2.45, 2.75) is 70.3 Å². The first kappa shape index (κ1) is 20.8. The summed E-state index contributed by atoms with van der Waals surface area (Å²) in [4.78, 5) is 0. The van der Waals surface area contributed by atoms with Crippen LogP contribution in [-0.2, 0) is 0 Å². The number of aryl methyl sites for hydroxylation is 1. The molecule has 3 radical (unpaired) electrons. The molecule has 0 atom stereocenters. The van der Waals surface area contributed by atoms with Crippen LogP contribution in [0.3, 0.4) is 0 Å². The first-order valence-corrected chi connectivity index (χ1v) is 12.0. The fraction of sp³-hybridized carbons (Fsp3) is 0.538. The van der Waals surface area contributed by atoms with Crippen molar-refractivity contribution in [1.29, 1.82) is 0 Å². The van der Waals surface area contributed by atoms with Gasteiger partial charge in [0.25, 0.3) is 0 Å². The monoisotopic (exact) mass is 409 g/mol. The number of rotatable bonds is 4. The molecule has 2 aromatic rings. The molecule has 0 amide bonds. The molecule has 0 nitrogen and oxygen atoms in total. The summed E-state index contributed by atoms with van der Waals surface area (Å²) in [6, 6.07) is 11.7. The van der Waals surface area contributed by atoms with Gasteiger partial charge in [0.05, 0.1) is 5.56 Å². The van der Waals surface area contributed by atoms with Crippen LogP contribution < -0.4 is 0 Å². The summed E-state index contributed by atoms with van der Waals surface area (Å²) in [5.41, 5.74) is 2.64. The maximum Gasteiger partial charge on any atom is 0.134 e. The van der Waals surface area contributed by atoms with E-state index in [1.54, 1.807) is 24.3 Å². The molecular weight excluding hydrogens is 378 g/mol. The van der Waals surface area contributed by atoms with Gasteiger partial charge in [0.15, 0.2) is 0 Å². The van der Waals surface area contributed by atoms with Gasteiger partial charge in [-0.2, -0.15) is 0 Å². The Balaban J connectivity index is 1.42. The molecule has 2 aliphatic rings. The average Bonchev–Trinajstić information content (AvgIpc) is 2.75. The van der Waals surface area contributed by atoms with Crippen molar-refractivity contribution >= 4 is 10.2 Å². The lowest BCUT2D eigenvalue weighted by atomic mass is 9.68. The summed E-state index contributed by atoms with van der Waals surface area (Å²) in [6.07, 6.45) is 9.96. The van der Waals surface area contributed by atoms with Gasteiger partial charge in [0.2, 0.25) is 0 Å². The number of halogens is 2. The van der Waals surface area contributed by atoms with Crippen molar-refractivity contribution in [2.75, 3.05) is 0 Å². The summed E-state index contributed by atoms with van der Waals surface area (Å²) in [5.74, 6) is 1.96. The third-order valence-electron chi connectivity index (χ3n) is 7.49. The van der Waals surface area contributed by atoms with E-state index in [0.717, 1.165) is 47.8 Å². The largest absolute Gasteiger partial charge is 0.206 e. The molecule has 153 valence electrons. The second kappa shape index (κ2) is 9.12. The lowest BCUT2D eigenvalue weighted by Gasteiger charge is -2.38. The van der Waals surface area contributed by atoms with E-state index < -0.39 is 11.6 Å². The van der Waals surface area contributed by atoms with E-state index in [1.165, 1.54) is 38.5 Å². The second-order valence-corrected chi connectivity index (χ2v) is 9.73. The van der Waals surface area contributed by atoms with E-state index in [1.807, 2.05) is 19.1 Å². The van der Waals surface area contributed by atoms with E-state index in [2.05, 4.69) is 10.2 Å². The topological polar surface area (TPSA) is 0 Å². The normalized spacial score (nSPS) is 27.7. The van der Waals surface area contributed by atoms with Crippen LogP contribution in [0.5, 0.6) is 0 Å². The Morgan fingerprint density at radius 2 is 1.31 bits per heavy atom. The van der Waals surface area contributed by atoms with E-state index in [4.69, 9.17) is 0 Å². The molecule has 0 aromatic heterocycles. The first-order chi connectivity index (χ1) is 14.0. The molecule has 0 saturated heterocycles. The summed E-state index contributed by atoms with van der Waals surface area (Å²) >= 11 is 0. The smallest absolute Gasteiger partial charge is 0.134 e. The molecule has 0 aliphatic heterocycles. The molecule has 2 saturated carbocycles. The lowest BCUT2D eigenvalue weighted by Crippen LogP contribution is -2.25. The van der Waals surface area contributed by atoms with Gasteiger partial charge in [-0.1, -0.05) is 48.7 Å². The van der Waals surface area contributed by atoms with Gasteiger partial charge >= 0.3 is 0 Å². The molecule has 4 rings (SSSR count). The van der Waals surface area contributed by atoms with Gasteiger partial charge in [0.1, 0.15) is 11.6 Å². The first-order valence-electron chi connectivity index (χ1n) is 11.3. The van der Waals surface area contributed by atoms with Crippen LogP contribution in [0.2, 0.25) is 6.04 Å². The summed E-state index contributed by atoms with van der Waals surface area (Å²) in [7, 11) is 3.68. The highest BCUT2D eigenvalue weighted by molar-refractivity contribution is 6.08. The van der Waals surface area contributed by atoms with Gasteiger partial charge in [-0.25, -0.2) is 8.78 Å². The van der Waals surface area contributed by atoms with E-state index in [-0.39, 0.29) is 5.56 Å². The quantitative estimate of drug-likeness (QED) is 0.456. The Labute approximate surface area is 177 Å². The molecule has 2 fully saturated rings. The van der Waals surface area contributed by atoms with E-state index in [9.17, 15) is 8.78 Å². The summed E-state index contributed by atoms with van der Waals surface area (Å²) < 4.78 is 29.7. The Morgan fingerprint density at radius 3 is 1.83 bits per heavy atom. The molecule has 0 spiro atoms. The fourth-order valence-electron chi connectivity index (χ4n) is 5.61. The molecule has 3 heteroatoms. The molecular formula is C26H31F2Si. The number of hydrogen-bond donors (Lipinski definition) is 0. The predicted octanol–water partition coefficient (Wildman–Crippen LogP) is 7.61. The minimum atomic E-state index is -0.432. The van der Waals surface area contributed by atoms with Crippen LogP contribution in [-0.4, -0.2) is 10.2 Å². The molecule has 2 aromatic carbocycles. The Hall–Kier alpha value is -1.48. The van der Waals surface area contributed by atoms with Crippen molar-refractivity contribution in [1.82, 2.24) is 0 Å². The summed E-state index contributed by atoms with van der Waals surface area (Å²) in [6.45, 7) is 1.98. The minimum absolute atomic E-state index is 0.103. The molecule has 0 unspecified atom stereocenters. The Bertz CT molecular complexity index is 790. The van der Waals surface area contributed by atoms with Crippen LogP contribution in [0.1, 0.15) is 68.4 Å². The molecule has 2 aliphatic carbocycles. The predicted molar refractivity (Wildman–Crippen MR) is 117 cm³/mol.